The van der Waals surface area contributed by atoms with Crippen LogP contribution in [0.3, 0.4) is 0 Å². The summed E-state index contributed by atoms with van der Waals surface area (Å²) in [4.78, 5) is 47.8. The molecule has 5 rings (SSSR count). The van der Waals surface area contributed by atoms with E-state index in [1.807, 2.05) is 60.7 Å². The first kappa shape index (κ1) is 43.0. The van der Waals surface area contributed by atoms with E-state index in [0.29, 0.717) is 18.4 Å². The Bertz CT molecular complexity index is 2050. The maximum Gasteiger partial charge on any atom is 0.408 e. The van der Waals surface area contributed by atoms with Crippen molar-refractivity contribution in [1.29, 1.82) is 0 Å². The summed E-state index contributed by atoms with van der Waals surface area (Å²) in [6.45, 7) is -0.0253. The molecule has 57 heavy (non-hydrogen) atoms. The molecule has 0 aromatic heterocycles. The highest BCUT2D eigenvalue weighted by atomic mass is 19.2. The number of ether oxygens (including phenoxy) is 3. The van der Waals surface area contributed by atoms with Crippen LogP contribution < -0.4 is 15.4 Å². The van der Waals surface area contributed by atoms with Gasteiger partial charge in [0, 0.05) is 0 Å². The van der Waals surface area contributed by atoms with Crippen LogP contribution in [-0.4, -0.2) is 41.3 Å². The van der Waals surface area contributed by atoms with E-state index in [0.717, 1.165) is 16.7 Å². The van der Waals surface area contributed by atoms with Crippen LogP contribution in [0.25, 0.3) is 0 Å². The highest BCUT2D eigenvalue weighted by Crippen LogP contribution is 2.29. The second-order valence-electron chi connectivity index (χ2n) is 12.2. The topological polar surface area (TPSA) is 140 Å². The van der Waals surface area contributed by atoms with Gasteiger partial charge in [0.05, 0.1) is 0 Å². The van der Waals surface area contributed by atoms with Gasteiger partial charge in [-0.2, -0.15) is 8.78 Å². The maximum atomic E-state index is 13.9. The fourth-order valence-electron chi connectivity index (χ4n) is 5.08. The summed E-state index contributed by atoms with van der Waals surface area (Å²) in [6.07, 6.45) is -0.795. The summed E-state index contributed by atoms with van der Waals surface area (Å²) < 4.78 is 82.6. The van der Waals surface area contributed by atoms with E-state index < -0.39 is 71.0 Å². The average Bonchev–Trinajstić information content (AvgIpc) is 3.24. The third kappa shape index (κ3) is 13.8. The molecule has 0 unspecified atom stereocenters. The van der Waals surface area contributed by atoms with Crippen LogP contribution in [0.15, 0.2) is 121 Å². The van der Waals surface area contributed by atoms with Gasteiger partial charge >= 0.3 is 24.1 Å². The molecule has 3 N–H and O–H groups in total. The molecule has 0 heterocycles. The van der Waals surface area contributed by atoms with Crippen LogP contribution in [0.4, 0.5) is 31.5 Å². The Morgan fingerprint density at radius 2 is 0.825 bits per heavy atom. The fourth-order valence-corrected chi connectivity index (χ4v) is 5.08. The molecule has 0 aliphatic heterocycles. The number of halogens is 5. The fraction of sp³-hybridized carbons (Fsp3) is 0.190. The number of carbonyl (C=O) groups is 4. The number of hydrogen-bond acceptors (Lipinski definition) is 7. The number of esters is 1. The van der Waals surface area contributed by atoms with Crippen LogP contribution in [0.2, 0.25) is 0 Å². The minimum Gasteiger partial charge on any atom is -0.480 e. The van der Waals surface area contributed by atoms with Crippen molar-refractivity contribution in [3.05, 3.63) is 173 Å². The molecular formula is C42H37F5N2O8. The number of hydrogen-bond donors (Lipinski definition) is 3. The Morgan fingerprint density at radius 3 is 1.21 bits per heavy atom. The van der Waals surface area contributed by atoms with Gasteiger partial charge in [0.15, 0.2) is 0 Å². The third-order valence-electron chi connectivity index (χ3n) is 8.09. The lowest BCUT2D eigenvalue weighted by atomic mass is 10.1. The zero-order valence-corrected chi connectivity index (χ0v) is 30.1. The average molecular weight is 793 g/mol. The van der Waals surface area contributed by atoms with E-state index in [9.17, 15) is 46.2 Å². The van der Waals surface area contributed by atoms with Crippen molar-refractivity contribution in [3.8, 4) is 5.75 Å². The minimum absolute atomic E-state index is 0.109. The van der Waals surface area contributed by atoms with E-state index in [1.54, 1.807) is 60.7 Å². The smallest absolute Gasteiger partial charge is 0.408 e. The predicted molar refractivity (Wildman–Crippen MR) is 196 cm³/mol. The predicted octanol–water partition coefficient (Wildman–Crippen LogP) is 8.21. The molecule has 15 heteroatoms. The summed E-state index contributed by atoms with van der Waals surface area (Å²) >= 11 is 0. The van der Waals surface area contributed by atoms with Gasteiger partial charge in [-0.1, -0.05) is 121 Å². The number of carboxylic acids is 1. The Kier molecular flexibility index (Phi) is 16.5. The quantitative estimate of drug-likeness (QED) is 0.0317. The number of amides is 2. The normalized spacial score (nSPS) is 11.5. The van der Waals surface area contributed by atoms with Crippen molar-refractivity contribution in [2.24, 2.45) is 0 Å². The first-order chi connectivity index (χ1) is 27.4. The number of alkyl carbamates (subject to hydrolysis) is 2. The molecule has 0 bridgehead atoms. The van der Waals surface area contributed by atoms with Crippen molar-refractivity contribution < 1.29 is 60.4 Å². The zero-order valence-electron chi connectivity index (χ0n) is 30.1. The monoisotopic (exact) mass is 792 g/mol. The molecule has 0 radical (unpaired) electrons. The molecule has 0 aliphatic rings. The zero-order chi connectivity index (χ0) is 41.2. The Balaban J connectivity index is 0.000000273. The van der Waals surface area contributed by atoms with Gasteiger partial charge < -0.3 is 30.0 Å². The molecule has 5 aromatic carbocycles. The van der Waals surface area contributed by atoms with Crippen LogP contribution in [0, 0.1) is 29.1 Å². The number of benzene rings is 5. The van der Waals surface area contributed by atoms with E-state index >= 15 is 0 Å². The van der Waals surface area contributed by atoms with Crippen molar-refractivity contribution in [1.82, 2.24) is 10.6 Å². The maximum absolute atomic E-state index is 13.9. The first-order valence-electron chi connectivity index (χ1n) is 17.4. The molecule has 0 spiro atoms. The summed E-state index contributed by atoms with van der Waals surface area (Å²) in [5.74, 6) is -15.8. The molecular weight excluding hydrogens is 755 g/mol. The van der Waals surface area contributed by atoms with Crippen LogP contribution >= 0.6 is 0 Å². The minimum atomic E-state index is -2.39. The second kappa shape index (κ2) is 21.9. The van der Waals surface area contributed by atoms with Crippen molar-refractivity contribution >= 4 is 24.1 Å². The molecule has 298 valence electrons. The van der Waals surface area contributed by atoms with Gasteiger partial charge in [0.25, 0.3) is 0 Å². The summed E-state index contributed by atoms with van der Waals surface area (Å²) in [5, 5.41) is 13.8. The summed E-state index contributed by atoms with van der Waals surface area (Å²) in [5.41, 5.74) is 3.29. The molecule has 2 amide bonds. The molecule has 5 aromatic rings. The highest BCUT2D eigenvalue weighted by molar-refractivity contribution is 5.83. The molecule has 0 saturated heterocycles. The van der Waals surface area contributed by atoms with E-state index in [-0.39, 0.29) is 26.1 Å². The van der Waals surface area contributed by atoms with Gasteiger partial charge in [0.1, 0.15) is 25.3 Å². The van der Waals surface area contributed by atoms with E-state index in [2.05, 4.69) is 15.4 Å². The van der Waals surface area contributed by atoms with Gasteiger partial charge in [-0.3, -0.25) is 0 Å². The Hall–Kier alpha value is -6.77. The van der Waals surface area contributed by atoms with Gasteiger partial charge in [-0.05, 0) is 47.9 Å². The van der Waals surface area contributed by atoms with Crippen LogP contribution in [0.1, 0.15) is 35.1 Å². The molecule has 2 atom stereocenters. The van der Waals surface area contributed by atoms with E-state index in [1.165, 1.54) is 0 Å². The number of carbonyl (C=O) groups excluding carboxylic acids is 3. The summed E-state index contributed by atoms with van der Waals surface area (Å²) in [7, 11) is 0. The largest absolute Gasteiger partial charge is 0.480 e. The van der Waals surface area contributed by atoms with Gasteiger partial charge in [0.2, 0.25) is 34.8 Å². The number of rotatable bonds is 15. The van der Waals surface area contributed by atoms with Crippen molar-refractivity contribution in [3.63, 3.8) is 0 Å². The van der Waals surface area contributed by atoms with Gasteiger partial charge in [-0.15, -0.1) is 0 Å². The molecule has 0 aliphatic carbocycles. The number of carboxylic acid groups (broad SMARTS) is 1. The lowest BCUT2D eigenvalue weighted by Gasteiger charge is -2.18. The van der Waals surface area contributed by atoms with Crippen molar-refractivity contribution in [2.45, 2.75) is 51.0 Å². The highest BCUT2D eigenvalue weighted by Gasteiger charge is 2.31. The molecule has 10 nitrogen and oxygen atoms in total. The van der Waals surface area contributed by atoms with Crippen LogP contribution in [-0.2, 0) is 45.1 Å². The SMILES string of the molecule is O=C(N[C@H](CCc1ccccc1)C(=O)O)OCc1ccccc1.O=C(N[C@H](CCc1ccccc1)C(=O)Oc1c(F)c(F)c(F)c(F)c1F)OCc1ccccc1. The van der Waals surface area contributed by atoms with Crippen LogP contribution in [0.5, 0.6) is 5.75 Å². The lowest BCUT2D eigenvalue weighted by molar-refractivity contribution is -0.139. The standard InChI is InChI=1S/C24H18F5NO4.C18H19NO4/c25-17-18(26)20(28)22(21(29)19(17)27)34-23(31)16(12-11-14-7-3-1-4-8-14)30-24(32)33-13-15-9-5-2-6-10-15;20-17(21)16(12-11-14-7-3-1-4-8-14)19-18(22)23-13-15-9-5-2-6-10-15/h1-10,16H,11-13H2,(H,30,32);1-10,16H,11-13H2,(H,19,22)(H,20,21)/t2*16-/m11/s1. The van der Waals surface area contributed by atoms with E-state index in [4.69, 9.17) is 9.47 Å². The Labute approximate surface area is 324 Å². The first-order valence-corrected chi connectivity index (χ1v) is 17.4. The third-order valence-corrected chi connectivity index (χ3v) is 8.09. The lowest BCUT2D eigenvalue weighted by Crippen LogP contribution is -2.43. The number of aryl methyl sites for hydroxylation is 2. The summed E-state index contributed by atoms with van der Waals surface area (Å²) in [6, 6.07) is 33.6. The second-order valence-corrected chi connectivity index (χ2v) is 12.2. The Morgan fingerprint density at radius 1 is 0.491 bits per heavy atom. The van der Waals surface area contributed by atoms with Gasteiger partial charge in [-0.25, -0.2) is 32.3 Å². The number of aliphatic carboxylic acids is 1. The number of nitrogens with one attached hydrogen (secondary N) is 2. The molecule has 0 saturated carbocycles. The molecule has 0 fully saturated rings. The van der Waals surface area contributed by atoms with Crippen molar-refractivity contribution in [2.75, 3.05) is 0 Å².